The van der Waals surface area contributed by atoms with Gasteiger partial charge in [0.2, 0.25) is 0 Å². The van der Waals surface area contributed by atoms with E-state index in [9.17, 15) is 15.0 Å². The second kappa shape index (κ2) is 9.45. The average Bonchev–Trinajstić information content (AvgIpc) is 3.24. The monoisotopic (exact) mass is 444 g/mol. The molecule has 1 aliphatic rings. The third-order valence-corrected chi connectivity index (χ3v) is 7.20. The molecule has 0 saturated carbocycles. The van der Waals surface area contributed by atoms with Crippen LogP contribution in [0.1, 0.15) is 20.1 Å². The zero-order valence-electron chi connectivity index (χ0n) is 15.9. The highest BCUT2D eigenvalue weighted by molar-refractivity contribution is 8.76. The maximum atomic E-state index is 12.5. The predicted molar refractivity (Wildman–Crippen MR) is 110 cm³/mol. The minimum Gasteiger partial charge on any atom is -0.453 e. The molecule has 160 valence electrons. The van der Waals surface area contributed by atoms with Gasteiger partial charge in [-0.25, -0.2) is 15.0 Å². The Bertz CT molecular complexity index is 852. The van der Waals surface area contributed by atoms with Crippen molar-refractivity contribution in [2.75, 3.05) is 18.1 Å². The number of nitrogens with two attached hydrogens (primary N) is 2. The van der Waals surface area contributed by atoms with Gasteiger partial charge in [-0.1, -0.05) is 35.4 Å². The normalized spacial score (nSPS) is 25.6. The van der Waals surface area contributed by atoms with Gasteiger partial charge < -0.3 is 31.2 Å². The number of imidazole rings is 1. The number of hydrogen-bond donors (Lipinski definition) is 4. The van der Waals surface area contributed by atoms with Gasteiger partial charge in [0.1, 0.15) is 30.1 Å². The van der Waals surface area contributed by atoms with Gasteiger partial charge in [0.15, 0.2) is 23.8 Å². The smallest absolute Gasteiger partial charge is 0.324 e. The van der Waals surface area contributed by atoms with E-state index < -0.39 is 43.2 Å². The number of ether oxygens (including phenoxy) is 2. The molecule has 0 amide bonds. The number of aliphatic hydroxyl groups excluding tert-OH is 2. The average molecular weight is 445 g/mol. The molecule has 4 unspecified atom stereocenters. The highest BCUT2D eigenvalue weighted by atomic mass is 33.1. The van der Waals surface area contributed by atoms with Crippen LogP contribution in [0.15, 0.2) is 12.7 Å². The molecule has 2 aromatic rings. The zero-order valence-corrected chi connectivity index (χ0v) is 17.5. The SMILES string of the molecule is CC(C)SSC[C@H](N)C(=O)OC1C(O)C(CO)OC1n1cnc2c(N)ncnc21. The molecule has 13 heteroatoms. The van der Waals surface area contributed by atoms with Crippen molar-refractivity contribution < 1.29 is 24.5 Å². The van der Waals surface area contributed by atoms with E-state index in [4.69, 9.17) is 20.9 Å². The van der Waals surface area contributed by atoms with Crippen LogP contribution in [-0.2, 0) is 14.3 Å². The predicted octanol–water partition coefficient (Wildman–Crippen LogP) is -0.312. The van der Waals surface area contributed by atoms with Gasteiger partial charge in [-0.3, -0.25) is 9.36 Å². The van der Waals surface area contributed by atoms with Crippen LogP contribution in [0.3, 0.4) is 0 Å². The quantitative estimate of drug-likeness (QED) is 0.309. The van der Waals surface area contributed by atoms with Crippen molar-refractivity contribution in [3.8, 4) is 0 Å². The summed E-state index contributed by atoms with van der Waals surface area (Å²) in [7, 11) is 3.08. The first-order valence-electron chi connectivity index (χ1n) is 8.95. The maximum absolute atomic E-state index is 12.5. The van der Waals surface area contributed by atoms with E-state index in [-0.39, 0.29) is 5.82 Å². The standard InChI is InChI=1S/C16H24N6O5S2/c1-7(2)29-28-4-8(17)16(25)27-12-11(24)9(3-23)26-15(12)22-6-21-10-13(18)19-5-20-14(10)22/h5-9,11-12,15,23-24H,3-4,17H2,1-2H3,(H2,18,19,20)/t8-,9?,11?,12?,15?/m0/s1. The van der Waals surface area contributed by atoms with E-state index in [1.54, 1.807) is 10.8 Å². The lowest BCUT2D eigenvalue weighted by molar-refractivity contribution is -0.159. The fourth-order valence-electron chi connectivity index (χ4n) is 2.81. The summed E-state index contributed by atoms with van der Waals surface area (Å²) in [6.07, 6.45) is -1.60. The summed E-state index contributed by atoms with van der Waals surface area (Å²) >= 11 is 0. The Morgan fingerprint density at radius 1 is 1.41 bits per heavy atom. The van der Waals surface area contributed by atoms with Crippen molar-refractivity contribution in [3.63, 3.8) is 0 Å². The lowest BCUT2D eigenvalue weighted by Crippen LogP contribution is -2.42. The molecule has 0 spiro atoms. The minimum atomic E-state index is -1.25. The van der Waals surface area contributed by atoms with Crippen LogP contribution >= 0.6 is 21.6 Å². The Balaban J connectivity index is 1.79. The van der Waals surface area contributed by atoms with Crippen LogP contribution in [-0.4, -0.2) is 77.7 Å². The number of nitrogen functional groups attached to an aromatic ring is 1. The summed E-state index contributed by atoms with van der Waals surface area (Å²) in [5, 5.41) is 20.4. The highest BCUT2D eigenvalue weighted by Crippen LogP contribution is 2.34. The number of nitrogens with zero attached hydrogens (tertiary/aromatic N) is 4. The summed E-state index contributed by atoms with van der Waals surface area (Å²) < 4.78 is 12.7. The molecular weight excluding hydrogens is 420 g/mol. The number of aromatic nitrogens is 4. The van der Waals surface area contributed by atoms with Crippen LogP contribution < -0.4 is 11.5 Å². The minimum absolute atomic E-state index is 0.182. The maximum Gasteiger partial charge on any atom is 0.324 e. The summed E-state index contributed by atoms with van der Waals surface area (Å²) in [5.74, 6) is -0.130. The molecule has 29 heavy (non-hydrogen) atoms. The lowest BCUT2D eigenvalue weighted by atomic mass is 10.1. The van der Waals surface area contributed by atoms with Crippen molar-refractivity contribution in [2.24, 2.45) is 5.73 Å². The van der Waals surface area contributed by atoms with Gasteiger partial charge in [-0.05, 0) is 0 Å². The first-order chi connectivity index (χ1) is 13.8. The molecule has 3 heterocycles. The second-order valence-corrected chi connectivity index (χ2v) is 9.75. The van der Waals surface area contributed by atoms with E-state index in [1.165, 1.54) is 28.0 Å². The van der Waals surface area contributed by atoms with Crippen molar-refractivity contribution in [1.29, 1.82) is 0 Å². The van der Waals surface area contributed by atoms with Gasteiger partial charge in [0.05, 0.1) is 12.9 Å². The fourth-order valence-corrected chi connectivity index (χ4v) is 4.94. The molecule has 0 bridgehead atoms. The third kappa shape index (κ3) is 4.75. The first-order valence-corrected chi connectivity index (χ1v) is 11.3. The van der Waals surface area contributed by atoms with Crippen molar-refractivity contribution >= 4 is 44.5 Å². The topological polar surface area (TPSA) is 172 Å². The van der Waals surface area contributed by atoms with Gasteiger partial charge in [0, 0.05) is 11.0 Å². The molecule has 5 atom stereocenters. The largest absolute Gasteiger partial charge is 0.453 e. The number of aliphatic hydroxyl groups is 2. The first kappa shape index (κ1) is 22.1. The van der Waals surface area contributed by atoms with Gasteiger partial charge in [-0.15, -0.1) is 0 Å². The highest BCUT2D eigenvalue weighted by Gasteiger charge is 2.48. The van der Waals surface area contributed by atoms with Crippen LogP contribution in [0.2, 0.25) is 0 Å². The molecule has 6 N–H and O–H groups in total. The fraction of sp³-hybridized carbons (Fsp3) is 0.625. The van der Waals surface area contributed by atoms with E-state index in [2.05, 4.69) is 15.0 Å². The number of carbonyl (C=O) groups is 1. The summed E-state index contributed by atoms with van der Waals surface area (Å²) in [4.78, 5) is 24.7. The van der Waals surface area contributed by atoms with E-state index in [0.29, 0.717) is 22.2 Å². The molecule has 3 rings (SSSR count). The number of esters is 1. The van der Waals surface area contributed by atoms with Crippen LogP contribution in [0.5, 0.6) is 0 Å². The molecule has 0 aliphatic carbocycles. The molecular formula is C16H24N6O5S2. The molecule has 11 nitrogen and oxygen atoms in total. The van der Waals surface area contributed by atoms with Gasteiger partial charge in [-0.2, -0.15) is 0 Å². The van der Waals surface area contributed by atoms with Crippen LogP contribution in [0.4, 0.5) is 5.82 Å². The summed E-state index contributed by atoms with van der Waals surface area (Å²) in [5.41, 5.74) is 12.4. The Labute approximate surface area is 175 Å². The van der Waals surface area contributed by atoms with E-state index in [0.717, 1.165) is 0 Å². The zero-order chi connectivity index (χ0) is 21.1. The van der Waals surface area contributed by atoms with Gasteiger partial charge >= 0.3 is 5.97 Å². The number of rotatable bonds is 8. The third-order valence-electron chi connectivity index (χ3n) is 4.22. The molecule has 1 fully saturated rings. The lowest BCUT2D eigenvalue weighted by Gasteiger charge is -2.23. The number of hydrogen-bond acceptors (Lipinski definition) is 12. The molecule has 2 aromatic heterocycles. The molecule has 1 saturated heterocycles. The van der Waals surface area contributed by atoms with Crippen molar-refractivity contribution in [1.82, 2.24) is 19.5 Å². The number of fused-ring (bicyclic) bond motifs is 1. The Hall–Kier alpha value is -1.64. The van der Waals surface area contributed by atoms with Crippen molar-refractivity contribution in [2.45, 2.75) is 49.7 Å². The van der Waals surface area contributed by atoms with Crippen LogP contribution in [0, 0.1) is 0 Å². The van der Waals surface area contributed by atoms with Gasteiger partial charge in [0.25, 0.3) is 0 Å². The van der Waals surface area contributed by atoms with E-state index in [1.807, 2.05) is 13.8 Å². The molecule has 1 aliphatic heterocycles. The Morgan fingerprint density at radius 2 is 2.17 bits per heavy atom. The van der Waals surface area contributed by atoms with Crippen molar-refractivity contribution in [3.05, 3.63) is 12.7 Å². The second-order valence-electron chi connectivity index (χ2n) is 6.76. The number of carbonyl (C=O) groups excluding carboxylic acids is 1. The molecule has 0 aromatic carbocycles. The van der Waals surface area contributed by atoms with Crippen LogP contribution in [0.25, 0.3) is 11.2 Å². The summed E-state index contributed by atoms with van der Waals surface area (Å²) in [6.45, 7) is 3.63. The van der Waals surface area contributed by atoms with E-state index >= 15 is 0 Å². The Kier molecular flexibility index (Phi) is 7.19. The molecule has 0 radical (unpaired) electrons. The summed E-state index contributed by atoms with van der Waals surface area (Å²) in [6, 6.07) is -0.871. The Morgan fingerprint density at radius 3 is 2.86 bits per heavy atom. The number of anilines is 1.